The molecule has 0 aliphatic rings. The van der Waals surface area contributed by atoms with Crippen LogP contribution in [0.25, 0.3) is 0 Å². The first-order valence-corrected chi connectivity index (χ1v) is 7.00. The van der Waals surface area contributed by atoms with Crippen molar-refractivity contribution in [2.75, 3.05) is 13.6 Å². The van der Waals surface area contributed by atoms with Crippen LogP contribution in [0.15, 0.2) is 54.6 Å². The van der Waals surface area contributed by atoms with Gasteiger partial charge in [0.05, 0.1) is 6.61 Å². The van der Waals surface area contributed by atoms with E-state index < -0.39 is 0 Å². The number of benzene rings is 2. The Hall–Kier alpha value is -2.17. The number of rotatable bonds is 7. The molecule has 1 amide bonds. The lowest BCUT2D eigenvalue weighted by Crippen LogP contribution is -2.25. The summed E-state index contributed by atoms with van der Waals surface area (Å²) in [5.74, 6) is -0.211. The fourth-order valence-corrected chi connectivity index (χ4v) is 2.03. The van der Waals surface area contributed by atoms with Crippen LogP contribution in [0.1, 0.15) is 21.5 Å². The molecule has 2 aromatic rings. The van der Waals surface area contributed by atoms with E-state index in [4.69, 9.17) is 4.84 Å². The van der Waals surface area contributed by atoms with Crippen molar-refractivity contribution < 1.29 is 9.63 Å². The summed E-state index contributed by atoms with van der Waals surface area (Å²) in [6, 6.07) is 17.3. The maximum Gasteiger partial charge on any atom is 0.275 e. The summed E-state index contributed by atoms with van der Waals surface area (Å²) >= 11 is 0. The molecule has 0 fully saturated rings. The molecule has 2 N–H and O–H groups in total. The van der Waals surface area contributed by atoms with Gasteiger partial charge in [0.1, 0.15) is 0 Å². The lowest BCUT2D eigenvalue weighted by atomic mass is 10.0. The number of amides is 1. The van der Waals surface area contributed by atoms with Gasteiger partial charge in [-0.25, -0.2) is 5.48 Å². The largest absolute Gasteiger partial charge is 0.319 e. The summed E-state index contributed by atoms with van der Waals surface area (Å²) in [6.45, 7) is 1.18. The first-order valence-electron chi connectivity index (χ1n) is 7.00. The van der Waals surface area contributed by atoms with Gasteiger partial charge >= 0.3 is 0 Å². The molecular formula is C17H20N2O2. The molecule has 0 unspecified atom stereocenters. The van der Waals surface area contributed by atoms with E-state index in [1.807, 2.05) is 61.6 Å². The predicted molar refractivity (Wildman–Crippen MR) is 82.8 cm³/mol. The molecule has 4 heteroatoms. The second-order valence-corrected chi connectivity index (χ2v) is 4.72. The Morgan fingerprint density at radius 1 is 1.05 bits per heavy atom. The summed E-state index contributed by atoms with van der Waals surface area (Å²) in [4.78, 5) is 17.4. The minimum atomic E-state index is -0.211. The van der Waals surface area contributed by atoms with Crippen LogP contribution in [0.2, 0.25) is 0 Å². The quantitative estimate of drug-likeness (QED) is 0.767. The number of hydrogen-bond acceptors (Lipinski definition) is 3. The Morgan fingerprint density at radius 3 is 2.52 bits per heavy atom. The van der Waals surface area contributed by atoms with Crippen molar-refractivity contribution in [3.8, 4) is 0 Å². The van der Waals surface area contributed by atoms with Gasteiger partial charge in [0.2, 0.25) is 0 Å². The highest BCUT2D eigenvalue weighted by Gasteiger charge is 2.10. The molecule has 0 spiro atoms. The fourth-order valence-electron chi connectivity index (χ4n) is 2.03. The molecule has 0 atom stereocenters. The summed E-state index contributed by atoms with van der Waals surface area (Å²) in [5, 5.41) is 3.08. The van der Waals surface area contributed by atoms with Crippen molar-refractivity contribution in [3.63, 3.8) is 0 Å². The molecule has 0 aliphatic heterocycles. The van der Waals surface area contributed by atoms with Crippen LogP contribution in [-0.4, -0.2) is 19.5 Å². The molecule has 2 rings (SSSR count). The SMILES string of the molecule is CNCCc1ccccc1C(=O)NOCc1ccccc1. The van der Waals surface area contributed by atoms with Gasteiger partial charge in [0, 0.05) is 5.56 Å². The predicted octanol–water partition coefficient (Wildman–Crippen LogP) is 2.31. The monoisotopic (exact) mass is 284 g/mol. The van der Waals surface area contributed by atoms with E-state index in [-0.39, 0.29) is 5.91 Å². The smallest absolute Gasteiger partial charge is 0.275 e. The highest BCUT2D eigenvalue weighted by Crippen LogP contribution is 2.09. The molecule has 0 bridgehead atoms. The summed E-state index contributed by atoms with van der Waals surface area (Å²) in [6.07, 6.45) is 0.804. The van der Waals surface area contributed by atoms with Crippen LogP contribution in [0.5, 0.6) is 0 Å². The van der Waals surface area contributed by atoms with Gasteiger partial charge in [0.15, 0.2) is 0 Å². The first kappa shape index (κ1) is 15.2. The molecule has 4 nitrogen and oxygen atoms in total. The lowest BCUT2D eigenvalue weighted by molar-refractivity contribution is 0.0233. The molecule has 0 saturated heterocycles. The average Bonchev–Trinajstić information content (AvgIpc) is 2.54. The van der Waals surface area contributed by atoms with Gasteiger partial charge in [-0.3, -0.25) is 9.63 Å². The van der Waals surface area contributed by atoms with E-state index in [0.717, 1.165) is 24.1 Å². The minimum absolute atomic E-state index is 0.211. The Bertz CT molecular complexity index is 570. The van der Waals surface area contributed by atoms with E-state index in [1.165, 1.54) is 0 Å². The van der Waals surface area contributed by atoms with Crippen LogP contribution in [-0.2, 0) is 17.9 Å². The molecule has 0 aliphatic carbocycles. The lowest BCUT2D eigenvalue weighted by Gasteiger charge is -2.10. The molecule has 110 valence electrons. The van der Waals surface area contributed by atoms with Crippen molar-refractivity contribution in [2.24, 2.45) is 0 Å². The van der Waals surface area contributed by atoms with Crippen molar-refractivity contribution >= 4 is 5.91 Å². The third-order valence-electron chi connectivity index (χ3n) is 3.15. The van der Waals surface area contributed by atoms with Gasteiger partial charge in [-0.15, -0.1) is 0 Å². The maximum atomic E-state index is 12.2. The van der Waals surface area contributed by atoms with Gasteiger partial charge < -0.3 is 5.32 Å². The Balaban J connectivity index is 1.91. The van der Waals surface area contributed by atoms with Crippen molar-refractivity contribution in [2.45, 2.75) is 13.0 Å². The molecular weight excluding hydrogens is 264 g/mol. The number of likely N-dealkylation sites (N-methyl/N-ethyl adjacent to an activating group) is 1. The number of carbonyl (C=O) groups is 1. The Morgan fingerprint density at radius 2 is 1.76 bits per heavy atom. The zero-order valence-corrected chi connectivity index (χ0v) is 12.1. The summed E-state index contributed by atoms with van der Waals surface area (Å²) in [7, 11) is 1.89. The summed E-state index contributed by atoms with van der Waals surface area (Å²) in [5.41, 5.74) is 5.18. The van der Waals surface area contributed by atoms with E-state index >= 15 is 0 Å². The van der Waals surface area contributed by atoms with E-state index in [9.17, 15) is 4.79 Å². The molecule has 0 heterocycles. The van der Waals surface area contributed by atoms with E-state index in [2.05, 4.69) is 10.8 Å². The van der Waals surface area contributed by atoms with E-state index in [0.29, 0.717) is 12.2 Å². The number of carbonyl (C=O) groups excluding carboxylic acids is 1. The minimum Gasteiger partial charge on any atom is -0.319 e. The molecule has 0 saturated carbocycles. The number of nitrogens with one attached hydrogen (secondary N) is 2. The van der Waals surface area contributed by atoms with Crippen LogP contribution >= 0.6 is 0 Å². The maximum absolute atomic E-state index is 12.2. The first-order chi connectivity index (χ1) is 10.3. The second kappa shape index (κ2) is 8.19. The normalized spacial score (nSPS) is 10.3. The highest BCUT2D eigenvalue weighted by molar-refractivity contribution is 5.94. The zero-order chi connectivity index (χ0) is 14.9. The molecule has 2 aromatic carbocycles. The summed E-state index contributed by atoms with van der Waals surface area (Å²) < 4.78 is 0. The standard InChI is InChI=1S/C17H20N2O2/c1-18-12-11-15-9-5-6-10-16(15)17(20)19-21-13-14-7-3-2-4-8-14/h2-10,18H,11-13H2,1H3,(H,19,20). The van der Waals surface area contributed by atoms with Gasteiger partial charge in [0.25, 0.3) is 5.91 Å². The van der Waals surface area contributed by atoms with Crippen LogP contribution < -0.4 is 10.8 Å². The number of hydrogen-bond donors (Lipinski definition) is 2. The Labute approximate surface area is 125 Å². The van der Waals surface area contributed by atoms with Gasteiger partial charge in [-0.05, 0) is 37.2 Å². The average molecular weight is 284 g/mol. The third-order valence-corrected chi connectivity index (χ3v) is 3.15. The van der Waals surface area contributed by atoms with Crippen LogP contribution in [0, 0.1) is 0 Å². The highest BCUT2D eigenvalue weighted by atomic mass is 16.6. The molecule has 0 radical (unpaired) electrons. The van der Waals surface area contributed by atoms with E-state index in [1.54, 1.807) is 0 Å². The Kier molecular flexibility index (Phi) is 5.94. The van der Waals surface area contributed by atoms with Gasteiger partial charge in [-0.2, -0.15) is 0 Å². The zero-order valence-electron chi connectivity index (χ0n) is 12.1. The number of hydroxylamine groups is 1. The topological polar surface area (TPSA) is 50.4 Å². The molecule has 0 aromatic heterocycles. The van der Waals surface area contributed by atoms with Crippen LogP contribution in [0.3, 0.4) is 0 Å². The fraction of sp³-hybridized carbons (Fsp3) is 0.235. The van der Waals surface area contributed by atoms with Crippen molar-refractivity contribution in [3.05, 3.63) is 71.3 Å². The van der Waals surface area contributed by atoms with Crippen molar-refractivity contribution in [1.29, 1.82) is 0 Å². The van der Waals surface area contributed by atoms with Crippen LogP contribution in [0.4, 0.5) is 0 Å². The second-order valence-electron chi connectivity index (χ2n) is 4.72. The third kappa shape index (κ3) is 4.70. The molecule has 21 heavy (non-hydrogen) atoms. The van der Waals surface area contributed by atoms with Crippen molar-refractivity contribution in [1.82, 2.24) is 10.8 Å². The van der Waals surface area contributed by atoms with Gasteiger partial charge in [-0.1, -0.05) is 48.5 Å².